The molecule has 2 atom stereocenters. The van der Waals surface area contributed by atoms with Crippen LogP contribution in [0.15, 0.2) is 101 Å². The smallest absolute Gasteiger partial charge is 0.251 e. The van der Waals surface area contributed by atoms with Crippen LogP contribution in [0.1, 0.15) is 52.8 Å². The maximum absolute atomic E-state index is 13.4. The first-order chi connectivity index (χ1) is 19.7. The summed E-state index contributed by atoms with van der Waals surface area (Å²) in [7, 11) is 0. The van der Waals surface area contributed by atoms with E-state index < -0.39 is 5.54 Å². The van der Waals surface area contributed by atoms with Crippen molar-refractivity contribution in [3.63, 3.8) is 0 Å². The zero-order valence-corrected chi connectivity index (χ0v) is 22.6. The molecule has 5 aromatic rings. The van der Waals surface area contributed by atoms with Gasteiger partial charge in [0.05, 0.1) is 23.2 Å². The molecule has 8 heteroatoms. The van der Waals surface area contributed by atoms with Gasteiger partial charge in [-0.3, -0.25) is 4.79 Å². The van der Waals surface area contributed by atoms with Crippen LogP contribution in [0, 0.1) is 17.1 Å². The Morgan fingerprint density at radius 3 is 2.41 bits per heavy atom. The SMILES string of the molecule is CC(NC(=O)c1cc(-c2nnc([C@](C)(N)Cc3ccccc3)o2)cc(-c2ccccc2C#N)c1)c1ccc(F)cc1. The van der Waals surface area contributed by atoms with Gasteiger partial charge in [0.2, 0.25) is 11.8 Å². The predicted molar refractivity (Wildman–Crippen MR) is 154 cm³/mol. The highest BCUT2D eigenvalue weighted by Crippen LogP contribution is 2.32. The quantitative estimate of drug-likeness (QED) is 0.236. The van der Waals surface area contributed by atoms with Gasteiger partial charge in [0.25, 0.3) is 5.91 Å². The molecule has 1 heterocycles. The first kappa shape index (κ1) is 27.4. The van der Waals surface area contributed by atoms with Crippen LogP contribution in [-0.4, -0.2) is 16.1 Å². The molecule has 5 rings (SSSR count). The molecule has 3 N–H and O–H groups in total. The summed E-state index contributed by atoms with van der Waals surface area (Å²) in [6.45, 7) is 3.65. The number of hydrogen-bond acceptors (Lipinski definition) is 6. The number of nitriles is 1. The standard InChI is InChI=1S/C33H28FN5O2/c1-21(23-12-14-28(34)15-13-23)37-30(40)26-16-25(29-11-7-6-10-24(29)20-35)17-27(18-26)31-38-39-32(41-31)33(2,36)19-22-8-4-3-5-9-22/h3-18,21H,19,36H2,1-2H3,(H,37,40)/t21?,33-/m1/s1. The zero-order chi connectivity index (χ0) is 29.0. The van der Waals surface area contributed by atoms with Crippen LogP contribution in [0.5, 0.6) is 0 Å². The lowest BCUT2D eigenvalue weighted by molar-refractivity contribution is 0.0940. The second kappa shape index (κ2) is 11.5. The molecule has 0 aliphatic carbocycles. The van der Waals surface area contributed by atoms with Crippen molar-refractivity contribution in [2.75, 3.05) is 0 Å². The van der Waals surface area contributed by atoms with Gasteiger partial charge in [-0.15, -0.1) is 10.2 Å². The highest BCUT2D eigenvalue weighted by Gasteiger charge is 2.29. The van der Waals surface area contributed by atoms with Gasteiger partial charge in [-0.25, -0.2) is 4.39 Å². The van der Waals surface area contributed by atoms with Crippen molar-refractivity contribution >= 4 is 5.91 Å². The van der Waals surface area contributed by atoms with Crippen molar-refractivity contribution in [1.82, 2.24) is 15.5 Å². The fourth-order valence-corrected chi connectivity index (χ4v) is 4.65. The maximum Gasteiger partial charge on any atom is 0.251 e. The highest BCUT2D eigenvalue weighted by molar-refractivity contribution is 5.97. The monoisotopic (exact) mass is 545 g/mol. The van der Waals surface area contributed by atoms with Crippen LogP contribution in [0.25, 0.3) is 22.6 Å². The van der Waals surface area contributed by atoms with Gasteiger partial charge in [0.1, 0.15) is 5.82 Å². The van der Waals surface area contributed by atoms with Gasteiger partial charge in [-0.1, -0.05) is 60.7 Å². The van der Waals surface area contributed by atoms with Gasteiger partial charge in [-0.2, -0.15) is 5.26 Å². The summed E-state index contributed by atoms with van der Waals surface area (Å²) in [5.41, 5.74) is 10.0. The Hall–Kier alpha value is -5.13. The minimum atomic E-state index is -0.928. The Balaban J connectivity index is 1.51. The molecule has 204 valence electrons. The molecule has 1 aromatic heterocycles. The third-order valence-corrected chi connectivity index (χ3v) is 6.85. The number of nitrogens with one attached hydrogen (secondary N) is 1. The van der Waals surface area contributed by atoms with E-state index in [-0.39, 0.29) is 29.5 Å². The first-order valence-electron chi connectivity index (χ1n) is 13.1. The second-order valence-electron chi connectivity index (χ2n) is 10.2. The van der Waals surface area contributed by atoms with Gasteiger partial charge < -0.3 is 15.5 Å². The van der Waals surface area contributed by atoms with E-state index in [1.54, 1.807) is 42.5 Å². The van der Waals surface area contributed by atoms with Crippen LogP contribution in [0.3, 0.4) is 0 Å². The number of hydrogen-bond donors (Lipinski definition) is 2. The number of amides is 1. The Morgan fingerprint density at radius 2 is 1.68 bits per heavy atom. The predicted octanol–water partition coefficient (Wildman–Crippen LogP) is 6.32. The summed E-state index contributed by atoms with van der Waals surface area (Å²) >= 11 is 0. The molecule has 1 amide bonds. The first-order valence-corrected chi connectivity index (χ1v) is 13.1. The van der Waals surface area contributed by atoms with E-state index in [2.05, 4.69) is 21.6 Å². The van der Waals surface area contributed by atoms with E-state index in [1.165, 1.54) is 12.1 Å². The Kier molecular flexibility index (Phi) is 7.72. The third kappa shape index (κ3) is 6.21. The normalized spacial score (nSPS) is 13.1. The molecular formula is C33H28FN5O2. The number of benzene rings is 4. The summed E-state index contributed by atoms with van der Waals surface area (Å²) in [4.78, 5) is 13.4. The summed E-state index contributed by atoms with van der Waals surface area (Å²) in [6, 6.07) is 29.9. The number of carbonyl (C=O) groups excluding carboxylic acids is 1. The fraction of sp³-hybridized carbons (Fsp3) is 0.152. The van der Waals surface area contributed by atoms with Crippen molar-refractivity contribution < 1.29 is 13.6 Å². The van der Waals surface area contributed by atoms with E-state index in [9.17, 15) is 14.4 Å². The number of aromatic nitrogens is 2. The lowest BCUT2D eigenvalue weighted by atomic mass is 9.94. The molecule has 0 saturated heterocycles. The number of nitrogens with zero attached hydrogens (tertiary/aromatic N) is 3. The van der Waals surface area contributed by atoms with Crippen molar-refractivity contribution in [3.05, 3.63) is 131 Å². The van der Waals surface area contributed by atoms with Gasteiger partial charge in [-0.05, 0) is 78.9 Å². The largest absolute Gasteiger partial charge is 0.419 e. The molecule has 0 aliphatic rings. The molecule has 0 saturated carbocycles. The van der Waals surface area contributed by atoms with Crippen molar-refractivity contribution in [3.8, 4) is 28.7 Å². The van der Waals surface area contributed by atoms with E-state index in [1.807, 2.05) is 56.3 Å². The molecule has 0 bridgehead atoms. The van der Waals surface area contributed by atoms with Gasteiger partial charge in [0.15, 0.2) is 0 Å². The fourth-order valence-electron chi connectivity index (χ4n) is 4.65. The van der Waals surface area contributed by atoms with E-state index in [4.69, 9.17) is 10.2 Å². The van der Waals surface area contributed by atoms with Crippen LogP contribution in [-0.2, 0) is 12.0 Å². The van der Waals surface area contributed by atoms with Crippen molar-refractivity contribution in [1.29, 1.82) is 5.26 Å². The maximum atomic E-state index is 13.4. The number of rotatable bonds is 8. The molecule has 1 unspecified atom stereocenters. The van der Waals surface area contributed by atoms with E-state index in [0.29, 0.717) is 34.2 Å². The molecule has 0 fully saturated rings. The molecule has 41 heavy (non-hydrogen) atoms. The molecule has 7 nitrogen and oxygen atoms in total. The molecule has 0 radical (unpaired) electrons. The summed E-state index contributed by atoms with van der Waals surface area (Å²) < 4.78 is 19.5. The molecule has 4 aromatic carbocycles. The Morgan fingerprint density at radius 1 is 1.00 bits per heavy atom. The van der Waals surface area contributed by atoms with Crippen LogP contribution in [0.4, 0.5) is 4.39 Å². The number of halogens is 1. The highest BCUT2D eigenvalue weighted by atomic mass is 19.1. The Bertz CT molecular complexity index is 1720. The number of carbonyl (C=O) groups is 1. The molecular weight excluding hydrogens is 517 g/mol. The minimum Gasteiger partial charge on any atom is -0.419 e. The summed E-state index contributed by atoms with van der Waals surface area (Å²) in [5, 5.41) is 21.2. The van der Waals surface area contributed by atoms with Gasteiger partial charge >= 0.3 is 0 Å². The van der Waals surface area contributed by atoms with Crippen LogP contribution < -0.4 is 11.1 Å². The minimum absolute atomic E-state index is 0.196. The average molecular weight is 546 g/mol. The van der Waals surface area contributed by atoms with E-state index >= 15 is 0 Å². The second-order valence-corrected chi connectivity index (χ2v) is 10.2. The number of nitrogens with two attached hydrogens (primary N) is 1. The van der Waals surface area contributed by atoms with Crippen molar-refractivity contribution in [2.45, 2.75) is 31.8 Å². The third-order valence-electron chi connectivity index (χ3n) is 6.85. The van der Waals surface area contributed by atoms with Gasteiger partial charge in [0, 0.05) is 11.1 Å². The summed E-state index contributed by atoms with van der Waals surface area (Å²) in [5.74, 6) is -0.249. The lowest BCUT2D eigenvalue weighted by Crippen LogP contribution is -2.35. The van der Waals surface area contributed by atoms with Crippen molar-refractivity contribution in [2.24, 2.45) is 5.73 Å². The lowest BCUT2D eigenvalue weighted by Gasteiger charge is -2.20. The van der Waals surface area contributed by atoms with E-state index in [0.717, 1.165) is 11.1 Å². The van der Waals surface area contributed by atoms with Crippen LogP contribution >= 0.6 is 0 Å². The zero-order valence-electron chi connectivity index (χ0n) is 22.6. The van der Waals surface area contributed by atoms with Crippen LogP contribution in [0.2, 0.25) is 0 Å². The molecule has 0 spiro atoms. The molecule has 0 aliphatic heterocycles. The summed E-state index contributed by atoms with van der Waals surface area (Å²) in [6.07, 6.45) is 0.486. The topological polar surface area (TPSA) is 118 Å². The average Bonchev–Trinajstić information content (AvgIpc) is 3.49. The Labute approximate surface area is 237 Å².